The minimum atomic E-state index is -0.929. The quantitative estimate of drug-likeness (QED) is 0.780. The van der Waals surface area contributed by atoms with Gasteiger partial charge in [0.05, 0.1) is 12.7 Å². The van der Waals surface area contributed by atoms with Crippen LogP contribution >= 0.6 is 0 Å². The molecule has 2 rings (SSSR count). The van der Waals surface area contributed by atoms with Crippen molar-refractivity contribution < 1.29 is 23.8 Å². The standard InChI is InChI=1S/C14H14O5/c1-8-9(2)14(18-12(8)15)19-13(16)10-4-6-11(17-3)7-5-10/h4-7,14H,1-3H3. The number of cyclic esters (lactones) is 1. The summed E-state index contributed by atoms with van der Waals surface area (Å²) in [6, 6.07) is 6.49. The van der Waals surface area contributed by atoms with Crippen molar-refractivity contribution in [2.45, 2.75) is 20.1 Å². The van der Waals surface area contributed by atoms with Crippen molar-refractivity contribution in [3.8, 4) is 5.75 Å². The Balaban J connectivity index is 2.07. The molecule has 100 valence electrons. The molecule has 0 N–H and O–H groups in total. The van der Waals surface area contributed by atoms with E-state index < -0.39 is 18.2 Å². The third-order valence-corrected chi connectivity index (χ3v) is 3.01. The maximum Gasteiger partial charge on any atom is 0.341 e. The summed E-state index contributed by atoms with van der Waals surface area (Å²) in [7, 11) is 1.54. The van der Waals surface area contributed by atoms with Crippen molar-refractivity contribution in [1.29, 1.82) is 0 Å². The van der Waals surface area contributed by atoms with Gasteiger partial charge in [0.2, 0.25) is 0 Å². The lowest BCUT2D eigenvalue weighted by Gasteiger charge is -2.12. The van der Waals surface area contributed by atoms with E-state index in [1.54, 1.807) is 45.2 Å². The first kappa shape index (κ1) is 13.1. The van der Waals surface area contributed by atoms with Crippen molar-refractivity contribution in [1.82, 2.24) is 0 Å². The molecule has 1 atom stereocenters. The predicted molar refractivity (Wildman–Crippen MR) is 66.7 cm³/mol. The van der Waals surface area contributed by atoms with Crippen LogP contribution in [0.25, 0.3) is 0 Å². The molecule has 5 nitrogen and oxygen atoms in total. The predicted octanol–water partition coefficient (Wildman–Crippen LogP) is 2.07. The highest BCUT2D eigenvalue weighted by Crippen LogP contribution is 2.24. The summed E-state index contributed by atoms with van der Waals surface area (Å²) in [5.41, 5.74) is 1.47. The van der Waals surface area contributed by atoms with Crippen LogP contribution in [0.5, 0.6) is 5.75 Å². The lowest BCUT2D eigenvalue weighted by molar-refractivity contribution is -0.152. The van der Waals surface area contributed by atoms with Crippen LogP contribution < -0.4 is 4.74 Å². The number of carbonyl (C=O) groups is 2. The molecule has 0 saturated heterocycles. The maximum atomic E-state index is 11.9. The van der Waals surface area contributed by atoms with Crippen molar-refractivity contribution in [2.75, 3.05) is 7.11 Å². The zero-order valence-electron chi connectivity index (χ0n) is 10.9. The molecule has 0 bridgehead atoms. The van der Waals surface area contributed by atoms with E-state index in [4.69, 9.17) is 14.2 Å². The number of carbonyl (C=O) groups excluding carboxylic acids is 2. The van der Waals surface area contributed by atoms with Gasteiger partial charge in [-0.2, -0.15) is 0 Å². The molecule has 1 aromatic carbocycles. The van der Waals surface area contributed by atoms with E-state index in [-0.39, 0.29) is 0 Å². The van der Waals surface area contributed by atoms with Crippen LogP contribution in [0.15, 0.2) is 35.4 Å². The van der Waals surface area contributed by atoms with Crippen LogP contribution in [0, 0.1) is 0 Å². The average Bonchev–Trinajstić information content (AvgIpc) is 2.66. The molecular formula is C14H14O5. The Morgan fingerprint density at radius 1 is 1.21 bits per heavy atom. The number of hydrogen-bond acceptors (Lipinski definition) is 5. The first-order valence-electron chi connectivity index (χ1n) is 5.76. The van der Waals surface area contributed by atoms with Gasteiger partial charge in [-0.15, -0.1) is 0 Å². The molecule has 0 amide bonds. The first-order valence-corrected chi connectivity index (χ1v) is 5.76. The minimum Gasteiger partial charge on any atom is -0.497 e. The molecule has 0 aromatic heterocycles. The second-order valence-corrected chi connectivity index (χ2v) is 4.18. The van der Waals surface area contributed by atoms with Crippen molar-refractivity contribution in [3.63, 3.8) is 0 Å². The fraction of sp³-hybridized carbons (Fsp3) is 0.286. The summed E-state index contributed by atoms with van der Waals surface area (Å²) in [5.74, 6) is -0.352. The number of benzene rings is 1. The van der Waals surface area contributed by atoms with Gasteiger partial charge in [-0.3, -0.25) is 0 Å². The molecule has 0 aliphatic carbocycles. The Morgan fingerprint density at radius 2 is 1.84 bits per heavy atom. The molecule has 19 heavy (non-hydrogen) atoms. The number of rotatable bonds is 3. The molecule has 1 aromatic rings. The molecular weight excluding hydrogens is 248 g/mol. The lowest BCUT2D eigenvalue weighted by Crippen LogP contribution is -2.20. The fourth-order valence-electron chi connectivity index (χ4n) is 1.62. The largest absolute Gasteiger partial charge is 0.497 e. The molecule has 0 radical (unpaired) electrons. The Morgan fingerprint density at radius 3 is 2.32 bits per heavy atom. The second-order valence-electron chi connectivity index (χ2n) is 4.18. The third kappa shape index (κ3) is 2.59. The average molecular weight is 262 g/mol. The summed E-state index contributed by atoms with van der Waals surface area (Å²) in [5, 5.41) is 0. The highest BCUT2D eigenvalue weighted by Gasteiger charge is 2.31. The normalized spacial score (nSPS) is 18.3. The van der Waals surface area contributed by atoms with Gasteiger partial charge in [0, 0.05) is 11.1 Å². The van der Waals surface area contributed by atoms with Crippen molar-refractivity contribution in [3.05, 3.63) is 41.0 Å². The number of methoxy groups -OCH3 is 1. The van der Waals surface area contributed by atoms with Gasteiger partial charge in [0.15, 0.2) is 0 Å². The molecule has 0 saturated carbocycles. The lowest BCUT2D eigenvalue weighted by atomic mass is 10.2. The smallest absolute Gasteiger partial charge is 0.341 e. The monoisotopic (exact) mass is 262 g/mol. The van der Waals surface area contributed by atoms with Gasteiger partial charge >= 0.3 is 11.9 Å². The Labute approximate surface area is 110 Å². The molecule has 1 unspecified atom stereocenters. The Hall–Kier alpha value is -2.30. The molecule has 0 spiro atoms. The van der Waals surface area contributed by atoms with Gasteiger partial charge in [-0.1, -0.05) is 0 Å². The fourth-order valence-corrected chi connectivity index (χ4v) is 1.62. The summed E-state index contributed by atoms with van der Waals surface area (Å²) in [6.45, 7) is 3.34. The van der Waals surface area contributed by atoms with Crippen LogP contribution in [-0.2, 0) is 14.3 Å². The Bertz CT molecular complexity index is 541. The van der Waals surface area contributed by atoms with Gasteiger partial charge in [0.25, 0.3) is 6.29 Å². The summed E-state index contributed by atoms with van der Waals surface area (Å²) in [4.78, 5) is 23.2. The summed E-state index contributed by atoms with van der Waals surface area (Å²) < 4.78 is 15.1. The molecule has 0 fully saturated rings. The van der Waals surface area contributed by atoms with Crippen molar-refractivity contribution >= 4 is 11.9 Å². The molecule has 5 heteroatoms. The van der Waals surface area contributed by atoms with E-state index >= 15 is 0 Å². The second kappa shape index (κ2) is 5.14. The van der Waals surface area contributed by atoms with Crippen LogP contribution in [0.1, 0.15) is 24.2 Å². The zero-order chi connectivity index (χ0) is 14.0. The van der Waals surface area contributed by atoms with Crippen LogP contribution in [0.2, 0.25) is 0 Å². The van der Waals surface area contributed by atoms with Crippen molar-refractivity contribution in [2.24, 2.45) is 0 Å². The number of esters is 2. The van der Waals surface area contributed by atoms with Gasteiger partial charge in [-0.25, -0.2) is 9.59 Å². The molecule has 1 aliphatic rings. The topological polar surface area (TPSA) is 61.8 Å². The SMILES string of the molecule is COc1ccc(C(=O)OC2OC(=O)C(C)=C2C)cc1. The zero-order valence-corrected chi connectivity index (χ0v) is 10.9. The maximum absolute atomic E-state index is 11.9. The highest BCUT2D eigenvalue weighted by atomic mass is 16.7. The molecule has 1 heterocycles. The number of ether oxygens (including phenoxy) is 3. The van der Waals surface area contributed by atoms with E-state index in [1.807, 2.05) is 0 Å². The highest BCUT2D eigenvalue weighted by molar-refractivity contribution is 5.93. The minimum absolute atomic E-state index is 0.370. The van der Waals surface area contributed by atoms with Crippen LogP contribution in [0.3, 0.4) is 0 Å². The van der Waals surface area contributed by atoms with Gasteiger partial charge in [0.1, 0.15) is 5.75 Å². The van der Waals surface area contributed by atoms with E-state index in [0.29, 0.717) is 22.5 Å². The van der Waals surface area contributed by atoms with Gasteiger partial charge in [-0.05, 0) is 38.1 Å². The van der Waals surface area contributed by atoms with Crippen LogP contribution in [0.4, 0.5) is 0 Å². The van der Waals surface area contributed by atoms with E-state index in [1.165, 1.54) is 0 Å². The van der Waals surface area contributed by atoms with Gasteiger partial charge < -0.3 is 14.2 Å². The first-order chi connectivity index (χ1) is 9.02. The van der Waals surface area contributed by atoms with Crippen LogP contribution in [-0.4, -0.2) is 25.3 Å². The van der Waals surface area contributed by atoms with E-state index in [2.05, 4.69) is 0 Å². The summed E-state index contributed by atoms with van der Waals surface area (Å²) >= 11 is 0. The number of hydrogen-bond donors (Lipinski definition) is 0. The summed E-state index contributed by atoms with van der Waals surface area (Å²) in [6.07, 6.45) is -0.929. The van der Waals surface area contributed by atoms with E-state index in [0.717, 1.165) is 0 Å². The molecule has 1 aliphatic heterocycles. The Kier molecular flexibility index (Phi) is 3.55. The van der Waals surface area contributed by atoms with E-state index in [9.17, 15) is 9.59 Å². The third-order valence-electron chi connectivity index (χ3n) is 3.01.